The third kappa shape index (κ3) is 4.24. The summed E-state index contributed by atoms with van der Waals surface area (Å²) in [4.78, 5) is 25.6. The van der Waals surface area contributed by atoms with Gasteiger partial charge in [-0.1, -0.05) is 13.0 Å². The number of benzene rings is 1. The Morgan fingerprint density at radius 1 is 1.20 bits per heavy atom. The van der Waals surface area contributed by atoms with E-state index in [1.165, 1.54) is 0 Å². The first-order chi connectivity index (χ1) is 12.2. The maximum atomic E-state index is 12.3. The smallest absolute Gasteiger partial charge is 0.258 e. The Morgan fingerprint density at radius 3 is 2.56 bits per heavy atom. The highest BCUT2D eigenvalue weighted by molar-refractivity contribution is 6.04. The number of likely N-dealkylation sites (N-methyl/N-ethyl adjacent to an activating group) is 1. The molecule has 0 aliphatic carbocycles. The number of methoxy groups -OCH3 is 1. The van der Waals surface area contributed by atoms with Crippen LogP contribution < -0.4 is 15.0 Å². The highest BCUT2D eigenvalue weighted by atomic mass is 16.5. The topological polar surface area (TPSA) is 70.6 Å². The van der Waals surface area contributed by atoms with Crippen LogP contribution in [0.1, 0.15) is 17.3 Å². The number of piperazine rings is 1. The molecule has 0 unspecified atom stereocenters. The molecule has 0 bridgehead atoms. The molecular weight excluding hydrogens is 318 g/mol. The Hall–Kier alpha value is -2.67. The van der Waals surface area contributed by atoms with E-state index in [2.05, 4.69) is 32.0 Å². The van der Waals surface area contributed by atoms with Crippen molar-refractivity contribution in [3.8, 4) is 5.75 Å². The SMILES string of the molecule is CCN1CCN(c2ncc(C(=O)Nc3cccc(OC)c3)cn2)CC1. The second kappa shape index (κ2) is 7.94. The second-order valence-electron chi connectivity index (χ2n) is 5.88. The zero-order valence-corrected chi connectivity index (χ0v) is 14.6. The monoisotopic (exact) mass is 341 g/mol. The summed E-state index contributed by atoms with van der Waals surface area (Å²) in [6.45, 7) is 7.07. The second-order valence-corrected chi connectivity index (χ2v) is 5.88. The summed E-state index contributed by atoms with van der Waals surface area (Å²) in [5, 5.41) is 2.83. The number of hydrogen-bond donors (Lipinski definition) is 1. The first-order valence-electron chi connectivity index (χ1n) is 8.44. The zero-order chi connectivity index (χ0) is 17.6. The molecule has 2 aromatic rings. The molecule has 3 rings (SSSR count). The van der Waals surface area contributed by atoms with Gasteiger partial charge in [-0.25, -0.2) is 9.97 Å². The number of rotatable bonds is 5. The van der Waals surface area contributed by atoms with Crippen molar-refractivity contribution in [1.82, 2.24) is 14.9 Å². The molecule has 1 aliphatic heterocycles. The number of amides is 1. The van der Waals surface area contributed by atoms with E-state index in [1.54, 1.807) is 25.6 Å². The lowest BCUT2D eigenvalue weighted by Gasteiger charge is -2.33. The molecule has 1 amide bonds. The van der Waals surface area contributed by atoms with Crippen LogP contribution >= 0.6 is 0 Å². The van der Waals surface area contributed by atoms with E-state index >= 15 is 0 Å². The van der Waals surface area contributed by atoms with Crippen LogP contribution in [0.25, 0.3) is 0 Å². The van der Waals surface area contributed by atoms with Crippen molar-refractivity contribution in [3.05, 3.63) is 42.2 Å². The minimum atomic E-state index is -0.240. The molecule has 132 valence electrons. The Labute approximate surface area is 147 Å². The lowest BCUT2D eigenvalue weighted by atomic mass is 10.2. The van der Waals surface area contributed by atoms with Gasteiger partial charge >= 0.3 is 0 Å². The number of carbonyl (C=O) groups excluding carboxylic acids is 1. The van der Waals surface area contributed by atoms with Crippen LogP contribution in [0, 0.1) is 0 Å². The van der Waals surface area contributed by atoms with Gasteiger partial charge in [0, 0.05) is 50.3 Å². The van der Waals surface area contributed by atoms with E-state index in [1.807, 2.05) is 18.2 Å². The van der Waals surface area contributed by atoms with Crippen LogP contribution in [0.15, 0.2) is 36.7 Å². The van der Waals surface area contributed by atoms with Crippen molar-refractivity contribution in [3.63, 3.8) is 0 Å². The standard InChI is InChI=1S/C18H23N5O2/c1-3-22-7-9-23(10-8-22)18-19-12-14(13-20-18)17(24)21-15-5-4-6-16(11-15)25-2/h4-6,11-13H,3,7-10H2,1-2H3,(H,21,24). The first-order valence-corrected chi connectivity index (χ1v) is 8.44. The number of aromatic nitrogens is 2. The van der Waals surface area contributed by atoms with E-state index < -0.39 is 0 Å². The highest BCUT2D eigenvalue weighted by Crippen LogP contribution is 2.17. The van der Waals surface area contributed by atoms with Gasteiger partial charge in [0.1, 0.15) is 5.75 Å². The van der Waals surface area contributed by atoms with E-state index in [-0.39, 0.29) is 5.91 Å². The Kier molecular flexibility index (Phi) is 5.45. The third-order valence-corrected chi connectivity index (χ3v) is 4.33. The summed E-state index contributed by atoms with van der Waals surface area (Å²) in [5.74, 6) is 1.12. The normalized spacial score (nSPS) is 15.0. The lowest BCUT2D eigenvalue weighted by Crippen LogP contribution is -2.46. The van der Waals surface area contributed by atoms with E-state index in [0.29, 0.717) is 22.9 Å². The van der Waals surface area contributed by atoms with Crippen molar-refractivity contribution >= 4 is 17.5 Å². The zero-order valence-electron chi connectivity index (χ0n) is 14.6. The molecule has 1 saturated heterocycles. The van der Waals surface area contributed by atoms with Crippen LogP contribution in [0.3, 0.4) is 0 Å². The van der Waals surface area contributed by atoms with Crippen molar-refractivity contribution in [2.75, 3.05) is 50.1 Å². The quantitative estimate of drug-likeness (QED) is 0.895. The molecule has 1 aromatic carbocycles. The van der Waals surface area contributed by atoms with Gasteiger partial charge in [-0.15, -0.1) is 0 Å². The molecule has 1 N–H and O–H groups in total. The van der Waals surface area contributed by atoms with Gasteiger partial charge < -0.3 is 19.9 Å². The van der Waals surface area contributed by atoms with Crippen LogP contribution in [-0.2, 0) is 0 Å². The van der Waals surface area contributed by atoms with Gasteiger partial charge in [0.2, 0.25) is 5.95 Å². The van der Waals surface area contributed by atoms with Crippen molar-refractivity contribution < 1.29 is 9.53 Å². The maximum Gasteiger partial charge on any atom is 0.258 e. The lowest BCUT2D eigenvalue weighted by molar-refractivity contribution is 0.102. The molecule has 1 aromatic heterocycles. The summed E-state index contributed by atoms with van der Waals surface area (Å²) in [6.07, 6.45) is 3.15. The Bertz CT molecular complexity index is 712. The summed E-state index contributed by atoms with van der Waals surface area (Å²) >= 11 is 0. The molecule has 1 aliphatic rings. The number of nitrogens with one attached hydrogen (secondary N) is 1. The average molecular weight is 341 g/mol. The number of ether oxygens (including phenoxy) is 1. The predicted molar refractivity (Wildman–Crippen MR) is 97.3 cm³/mol. The molecule has 2 heterocycles. The third-order valence-electron chi connectivity index (χ3n) is 4.33. The van der Waals surface area contributed by atoms with Gasteiger partial charge in [0.25, 0.3) is 5.91 Å². The Balaban J connectivity index is 1.62. The molecule has 0 radical (unpaired) electrons. The van der Waals surface area contributed by atoms with Crippen LogP contribution in [0.2, 0.25) is 0 Å². The fourth-order valence-corrected chi connectivity index (χ4v) is 2.77. The average Bonchev–Trinajstić information content (AvgIpc) is 2.68. The van der Waals surface area contributed by atoms with E-state index in [4.69, 9.17) is 4.74 Å². The molecule has 0 atom stereocenters. The number of nitrogens with zero attached hydrogens (tertiary/aromatic N) is 4. The summed E-state index contributed by atoms with van der Waals surface area (Å²) in [5.41, 5.74) is 1.10. The minimum absolute atomic E-state index is 0.240. The molecule has 7 heteroatoms. The molecule has 7 nitrogen and oxygen atoms in total. The first kappa shape index (κ1) is 17.2. The maximum absolute atomic E-state index is 12.3. The molecular formula is C18H23N5O2. The Morgan fingerprint density at radius 2 is 1.92 bits per heavy atom. The van der Waals surface area contributed by atoms with Gasteiger partial charge in [-0.2, -0.15) is 0 Å². The van der Waals surface area contributed by atoms with Crippen molar-refractivity contribution in [2.45, 2.75) is 6.92 Å². The van der Waals surface area contributed by atoms with Crippen molar-refractivity contribution in [1.29, 1.82) is 0 Å². The van der Waals surface area contributed by atoms with Crippen LogP contribution in [0.5, 0.6) is 5.75 Å². The van der Waals surface area contributed by atoms with Gasteiger partial charge in [-0.3, -0.25) is 4.79 Å². The molecule has 0 saturated carbocycles. The molecule has 0 spiro atoms. The van der Waals surface area contributed by atoms with Crippen LogP contribution in [0.4, 0.5) is 11.6 Å². The highest BCUT2D eigenvalue weighted by Gasteiger charge is 2.18. The van der Waals surface area contributed by atoms with Crippen molar-refractivity contribution in [2.24, 2.45) is 0 Å². The summed E-state index contributed by atoms with van der Waals surface area (Å²) in [7, 11) is 1.59. The molecule has 1 fully saturated rings. The predicted octanol–water partition coefficient (Wildman–Crippen LogP) is 1.88. The van der Waals surface area contributed by atoms with E-state index in [0.717, 1.165) is 32.7 Å². The van der Waals surface area contributed by atoms with Gasteiger partial charge in [0.15, 0.2) is 0 Å². The summed E-state index contributed by atoms with van der Waals surface area (Å²) < 4.78 is 5.16. The minimum Gasteiger partial charge on any atom is -0.497 e. The fourth-order valence-electron chi connectivity index (χ4n) is 2.77. The van der Waals surface area contributed by atoms with Gasteiger partial charge in [0.05, 0.1) is 12.7 Å². The largest absolute Gasteiger partial charge is 0.497 e. The number of anilines is 2. The molecule has 25 heavy (non-hydrogen) atoms. The summed E-state index contributed by atoms with van der Waals surface area (Å²) in [6, 6.07) is 7.22. The van der Waals surface area contributed by atoms with Gasteiger partial charge in [-0.05, 0) is 18.7 Å². The number of carbonyl (C=O) groups is 1. The number of hydrogen-bond acceptors (Lipinski definition) is 6. The van der Waals surface area contributed by atoms with Crippen LogP contribution in [-0.4, -0.2) is 60.6 Å². The fraction of sp³-hybridized carbons (Fsp3) is 0.389. The van der Waals surface area contributed by atoms with E-state index in [9.17, 15) is 4.79 Å².